The van der Waals surface area contributed by atoms with Crippen LogP contribution in [0, 0.1) is 0 Å². The largest absolute Gasteiger partial charge is 0.457 e. The van der Waals surface area contributed by atoms with E-state index in [0.29, 0.717) is 11.5 Å². The third-order valence-electron chi connectivity index (χ3n) is 5.41. The zero-order valence-electron chi connectivity index (χ0n) is 17.9. The monoisotopic (exact) mass is 444 g/mol. The summed E-state index contributed by atoms with van der Waals surface area (Å²) in [5, 5.41) is 0. The number of hydrogen-bond donors (Lipinski definition) is 1. The van der Waals surface area contributed by atoms with E-state index in [0.717, 1.165) is 17.1 Å². The zero-order chi connectivity index (χ0) is 22.6. The van der Waals surface area contributed by atoms with Crippen LogP contribution in [0.5, 0.6) is 23.0 Å². The first-order valence-corrected chi connectivity index (χ1v) is 11.5. The maximum absolute atomic E-state index is 11.0. The molecule has 0 N–H and O–H groups in total. The Labute approximate surface area is 190 Å². The average molecular weight is 445 g/mol. The quantitative estimate of drug-likeness (QED) is 0.328. The molecule has 0 unspecified atom stereocenters. The molecule has 5 heteroatoms. The Hall–Kier alpha value is -3.57. The fourth-order valence-electron chi connectivity index (χ4n) is 3.44. The number of hydrogen-bond acceptors (Lipinski definition) is 4. The van der Waals surface area contributed by atoms with Gasteiger partial charge in [-0.3, -0.25) is 0 Å². The first kappa shape index (κ1) is 21.7. The number of benzene rings is 4. The molecule has 0 aliphatic heterocycles. The van der Waals surface area contributed by atoms with E-state index < -0.39 is 10.7 Å². The Balaban J connectivity index is 1.46. The minimum absolute atomic E-state index is 0.203. The highest BCUT2D eigenvalue weighted by Gasteiger charge is 2.23. The van der Waals surface area contributed by atoms with Gasteiger partial charge in [-0.1, -0.05) is 56.3 Å². The summed E-state index contributed by atoms with van der Waals surface area (Å²) in [4.78, 5) is 0.268. The van der Waals surface area contributed by atoms with Crippen molar-refractivity contribution in [2.24, 2.45) is 0 Å². The minimum atomic E-state index is -2.59. The molecule has 4 nitrogen and oxygen atoms in total. The average Bonchev–Trinajstić information content (AvgIpc) is 2.81. The second kappa shape index (κ2) is 9.28. The van der Waals surface area contributed by atoms with Gasteiger partial charge in [-0.05, 0) is 71.8 Å². The van der Waals surface area contributed by atoms with Crippen molar-refractivity contribution < 1.29 is 17.9 Å². The molecule has 0 bridgehead atoms. The van der Waals surface area contributed by atoms with Gasteiger partial charge in [0.15, 0.2) is 10.7 Å². The van der Waals surface area contributed by atoms with Crippen molar-refractivity contribution >= 4 is 10.7 Å². The van der Waals surface area contributed by atoms with Gasteiger partial charge in [0.2, 0.25) is 0 Å². The molecule has 0 aliphatic rings. The fraction of sp³-hybridized carbons (Fsp3) is 0.111. The summed E-state index contributed by atoms with van der Waals surface area (Å²) in [5.41, 5.74) is 2.12. The normalized spacial score (nSPS) is 11.3. The number of rotatable bonds is 7. The molecular weight excluding hydrogens is 420 g/mol. The molecule has 0 radical (unpaired) electrons. The summed E-state index contributed by atoms with van der Waals surface area (Å²) in [6.07, 6.45) is 0. The third kappa shape index (κ3) is 5.01. The lowest BCUT2D eigenvalue weighted by molar-refractivity contribution is 0.481. The number of ether oxygens (including phenoxy) is 2. The Morgan fingerprint density at radius 2 is 0.906 bits per heavy atom. The second-order valence-electron chi connectivity index (χ2n) is 7.94. The van der Waals surface area contributed by atoms with Crippen LogP contribution in [0.1, 0.15) is 25.0 Å². The summed E-state index contributed by atoms with van der Waals surface area (Å²) < 4.78 is 33.8. The smallest absolute Gasteiger partial charge is 0.168 e. The molecule has 0 heterocycles. The van der Waals surface area contributed by atoms with Crippen LogP contribution in [-0.4, -0.2) is 8.42 Å². The van der Waals surface area contributed by atoms with Gasteiger partial charge >= 0.3 is 0 Å². The van der Waals surface area contributed by atoms with Crippen LogP contribution in [-0.2, 0) is 16.1 Å². The Bertz CT molecular complexity index is 1230. The molecule has 0 saturated carbocycles. The molecule has 4 aromatic rings. The Morgan fingerprint density at radius 3 is 1.31 bits per heavy atom. The van der Waals surface area contributed by atoms with Gasteiger partial charge in [-0.2, -0.15) is 0 Å². The molecule has 0 spiro atoms. The van der Waals surface area contributed by atoms with Crippen LogP contribution in [0.2, 0.25) is 0 Å². The topological polar surface area (TPSA) is 52.6 Å². The molecule has 4 rings (SSSR count). The minimum Gasteiger partial charge on any atom is -0.457 e. The van der Waals surface area contributed by atoms with Crippen molar-refractivity contribution in [1.82, 2.24) is 0 Å². The van der Waals surface area contributed by atoms with Crippen molar-refractivity contribution in [3.05, 3.63) is 114 Å². The molecule has 0 aromatic heterocycles. The molecule has 0 fully saturated rings. The number of thiol groups is 1. The molecule has 162 valence electrons. The highest BCUT2D eigenvalue weighted by atomic mass is 32.2. The summed E-state index contributed by atoms with van der Waals surface area (Å²) >= 11 is 0. The summed E-state index contributed by atoms with van der Waals surface area (Å²) in [6.45, 7) is 4.36. The SMILES string of the molecule is CC(C)(c1ccc(Oc2ccccc2)cc1)c1ccc(Oc2ccc([SH](=O)=O)cc2)cc1. The zero-order valence-corrected chi connectivity index (χ0v) is 18.8. The van der Waals surface area contributed by atoms with Crippen LogP contribution in [0.15, 0.2) is 108 Å². The van der Waals surface area contributed by atoms with E-state index in [2.05, 4.69) is 26.0 Å². The van der Waals surface area contributed by atoms with Crippen LogP contribution in [0.4, 0.5) is 0 Å². The fourth-order valence-corrected chi connectivity index (χ4v) is 3.84. The van der Waals surface area contributed by atoms with Gasteiger partial charge in [0.25, 0.3) is 0 Å². The molecule has 0 saturated heterocycles. The summed E-state index contributed by atoms with van der Waals surface area (Å²) in [6, 6.07) is 32.2. The van der Waals surface area contributed by atoms with Crippen molar-refractivity contribution in [2.45, 2.75) is 24.2 Å². The first-order chi connectivity index (χ1) is 15.4. The standard InChI is InChI=1S/C27H24O4S/c1-27(2,20-8-12-23(13-9-20)30-22-6-4-3-5-7-22)21-10-14-24(15-11-21)31-25-16-18-26(19-17-25)32(28)29/h3-19,32H,1-2H3. The summed E-state index contributed by atoms with van der Waals surface area (Å²) in [5.74, 6) is 2.89. The van der Waals surface area contributed by atoms with Crippen LogP contribution in [0.25, 0.3) is 0 Å². The third-order valence-corrected chi connectivity index (χ3v) is 6.13. The van der Waals surface area contributed by atoms with Gasteiger partial charge in [0.1, 0.15) is 23.0 Å². The van der Waals surface area contributed by atoms with Crippen LogP contribution < -0.4 is 9.47 Å². The Kier molecular flexibility index (Phi) is 6.28. The molecule has 0 atom stereocenters. The Morgan fingerprint density at radius 1 is 0.531 bits per heavy atom. The van der Waals surface area contributed by atoms with Crippen molar-refractivity contribution in [3.8, 4) is 23.0 Å². The lowest BCUT2D eigenvalue weighted by Crippen LogP contribution is -2.18. The van der Waals surface area contributed by atoms with E-state index >= 15 is 0 Å². The van der Waals surface area contributed by atoms with Gasteiger partial charge in [-0.15, -0.1) is 0 Å². The molecular formula is C27H24O4S. The van der Waals surface area contributed by atoms with Gasteiger partial charge in [0.05, 0.1) is 4.90 Å². The highest BCUT2D eigenvalue weighted by molar-refractivity contribution is 7.72. The van der Waals surface area contributed by atoms with E-state index in [4.69, 9.17) is 9.47 Å². The van der Waals surface area contributed by atoms with Crippen molar-refractivity contribution in [2.75, 3.05) is 0 Å². The predicted octanol–water partition coefficient (Wildman–Crippen LogP) is 6.57. The highest BCUT2D eigenvalue weighted by Crippen LogP contribution is 2.34. The predicted molar refractivity (Wildman–Crippen MR) is 127 cm³/mol. The van der Waals surface area contributed by atoms with Crippen LogP contribution >= 0.6 is 0 Å². The molecule has 0 aliphatic carbocycles. The van der Waals surface area contributed by atoms with Crippen molar-refractivity contribution in [3.63, 3.8) is 0 Å². The molecule has 32 heavy (non-hydrogen) atoms. The molecule has 0 amide bonds. The maximum Gasteiger partial charge on any atom is 0.168 e. The van der Waals surface area contributed by atoms with Gasteiger partial charge in [-0.25, -0.2) is 8.42 Å². The summed E-state index contributed by atoms with van der Waals surface area (Å²) in [7, 11) is -2.59. The lowest BCUT2D eigenvalue weighted by atomic mass is 9.78. The van der Waals surface area contributed by atoms with E-state index in [1.165, 1.54) is 17.7 Å². The van der Waals surface area contributed by atoms with E-state index in [-0.39, 0.29) is 10.3 Å². The number of para-hydroxylation sites is 1. The second-order valence-corrected chi connectivity index (χ2v) is 8.97. The van der Waals surface area contributed by atoms with Gasteiger partial charge in [0, 0.05) is 5.41 Å². The van der Waals surface area contributed by atoms with Gasteiger partial charge < -0.3 is 9.47 Å². The van der Waals surface area contributed by atoms with Crippen molar-refractivity contribution in [1.29, 1.82) is 0 Å². The maximum atomic E-state index is 11.0. The van der Waals surface area contributed by atoms with E-state index in [1.54, 1.807) is 12.1 Å². The molecule has 4 aromatic carbocycles. The van der Waals surface area contributed by atoms with E-state index in [9.17, 15) is 8.42 Å². The van der Waals surface area contributed by atoms with E-state index in [1.807, 2.05) is 66.7 Å². The first-order valence-electron chi connectivity index (χ1n) is 10.3. The van der Waals surface area contributed by atoms with Crippen LogP contribution in [0.3, 0.4) is 0 Å². The lowest BCUT2D eigenvalue weighted by Gasteiger charge is -2.26.